The molecule has 0 bridgehead atoms. The number of carbonyl (C=O) groups excluding carboxylic acids is 1. The van der Waals surface area contributed by atoms with Crippen LogP contribution >= 0.6 is 0 Å². The standard InChI is InChI=1S/C20H27N5O/c1-24(2)19-18(21-9-10-22-19)16-7-6-8-17(15-16)20(26)23-11-14-25-12-4-3-5-13-25/h6-10,15H,3-5,11-14H2,1-2H3,(H,23,26). The first-order chi connectivity index (χ1) is 12.6. The summed E-state index contributed by atoms with van der Waals surface area (Å²) in [5, 5.41) is 3.04. The molecular weight excluding hydrogens is 326 g/mol. The molecular formula is C20H27N5O. The Balaban J connectivity index is 1.66. The number of piperidine rings is 1. The normalized spacial score (nSPS) is 14.8. The van der Waals surface area contributed by atoms with Crippen LogP contribution in [0.5, 0.6) is 0 Å². The molecule has 0 spiro atoms. The highest BCUT2D eigenvalue weighted by Crippen LogP contribution is 2.25. The number of nitrogens with one attached hydrogen (secondary N) is 1. The maximum Gasteiger partial charge on any atom is 0.251 e. The largest absolute Gasteiger partial charge is 0.361 e. The Kier molecular flexibility index (Phi) is 6.17. The maximum atomic E-state index is 12.5. The smallest absolute Gasteiger partial charge is 0.251 e. The van der Waals surface area contributed by atoms with E-state index in [0.717, 1.165) is 36.7 Å². The van der Waals surface area contributed by atoms with Gasteiger partial charge in [-0.3, -0.25) is 9.78 Å². The predicted octanol–water partition coefficient (Wildman–Crippen LogP) is 2.43. The van der Waals surface area contributed by atoms with Crippen LogP contribution in [0.15, 0.2) is 36.7 Å². The van der Waals surface area contributed by atoms with E-state index >= 15 is 0 Å². The molecule has 3 rings (SSSR count). The summed E-state index contributed by atoms with van der Waals surface area (Å²) >= 11 is 0. The lowest BCUT2D eigenvalue weighted by Gasteiger charge is -2.26. The molecule has 1 aromatic heterocycles. The number of rotatable bonds is 6. The van der Waals surface area contributed by atoms with E-state index in [9.17, 15) is 4.79 Å². The number of hydrogen-bond acceptors (Lipinski definition) is 5. The van der Waals surface area contributed by atoms with E-state index in [-0.39, 0.29) is 5.91 Å². The van der Waals surface area contributed by atoms with Crippen molar-refractivity contribution in [2.45, 2.75) is 19.3 Å². The van der Waals surface area contributed by atoms with Crippen molar-refractivity contribution in [1.82, 2.24) is 20.2 Å². The van der Waals surface area contributed by atoms with Gasteiger partial charge in [0.15, 0.2) is 5.82 Å². The number of benzene rings is 1. The number of nitrogens with zero attached hydrogens (tertiary/aromatic N) is 4. The Labute approximate surface area is 155 Å². The molecule has 0 aliphatic carbocycles. The summed E-state index contributed by atoms with van der Waals surface area (Å²) in [4.78, 5) is 25.7. The molecule has 1 N–H and O–H groups in total. The van der Waals surface area contributed by atoms with Crippen molar-refractivity contribution in [3.8, 4) is 11.3 Å². The van der Waals surface area contributed by atoms with Crippen molar-refractivity contribution in [1.29, 1.82) is 0 Å². The second-order valence-electron chi connectivity index (χ2n) is 6.86. The fourth-order valence-electron chi connectivity index (χ4n) is 3.28. The molecule has 1 aliphatic heterocycles. The molecule has 0 atom stereocenters. The molecule has 2 heterocycles. The summed E-state index contributed by atoms with van der Waals surface area (Å²) in [6, 6.07) is 7.57. The van der Waals surface area contributed by atoms with Crippen LogP contribution < -0.4 is 10.2 Å². The van der Waals surface area contributed by atoms with Crippen molar-refractivity contribution < 1.29 is 4.79 Å². The van der Waals surface area contributed by atoms with Crippen LogP contribution in [0.3, 0.4) is 0 Å². The number of likely N-dealkylation sites (tertiary alicyclic amines) is 1. The van der Waals surface area contributed by atoms with Gasteiger partial charge in [0, 0.05) is 50.7 Å². The zero-order valence-corrected chi connectivity index (χ0v) is 15.6. The van der Waals surface area contributed by atoms with E-state index in [1.165, 1.54) is 19.3 Å². The molecule has 6 nitrogen and oxygen atoms in total. The van der Waals surface area contributed by atoms with Gasteiger partial charge in [0.2, 0.25) is 0 Å². The van der Waals surface area contributed by atoms with Gasteiger partial charge in [-0.2, -0.15) is 0 Å². The molecule has 2 aromatic rings. The second-order valence-corrected chi connectivity index (χ2v) is 6.86. The fraction of sp³-hybridized carbons (Fsp3) is 0.450. The third-order valence-corrected chi connectivity index (χ3v) is 4.66. The highest BCUT2D eigenvalue weighted by atomic mass is 16.1. The van der Waals surface area contributed by atoms with Crippen LogP contribution in [0.25, 0.3) is 11.3 Å². The number of hydrogen-bond donors (Lipinski definition) is 1. The van der Waals surface area contributed by atoms with Crippen LogP contribution in [-0.2, 0) is 0 Å². The Bertz CT molecular complexity index is 740. The van der Waals surface area contributed by atoms with Gasteiger partial charge in [-0.25, -0.2) is 4.98 Å². The van der Waals surface area contributed by atoms with Gasteiger partial charge in [0.05, 0.1) is 0 Å². The van der Waals surface area contributed by atoms with Gasteiger partial charge in [-0.05, 0) is 38.1 Å². The lowest BCUT2D eigenvalue weighted by molar-refractivity contribution is 0.0946. The second kappa shape index (κ2) is 8.76. The van der Waals surface area contributed by atoms with Crippen LogP contribution in [0.1, 0.15) is 29.6 Å². The molecule has 1 aliphatic rings. The molecule has 6 heteroatoms. The van der Waals surface area contributed by atoms with E-state index in [2.05, 4.69) is 20.2 Å². The van der Waals surface area contributed by atoms with Gasteiger partial charge in [-0.15, -0.1) is 0 Å². The Hall–Kier alpha value is -2.47. The SMILES string of the molecule is CN(C)c1nccnc1-c1cccc(C(=O)NCCN2CCCCC2)c1. The summed E-state index contributed by atoms with van der Waals surface area (Å²) in [6.07, 6.45) is 7.21. The van der Waals surface area contributed by atoms with E-state index in [1.54, 1.807) is 12.4 Å². The molecule has 1 fully saturated rings. The quantitative estimate of drug-likeness (QED) is 0.864. The van der Waals surface area contributed by atoms with Crippen molar-refractivity contribution in [3.63, 3.8) is 0 Å². The Morgan fingerprint density at radius 3 is 2.69 bits per heavy atom. The third-order valence-electron chi connectivity index (χ3n) is 4.66. The van der Waals surface area contributed by atoms with Crippen molar-refractivity contribution >= 4 is 11.7 Å². The fourth-order valence-corrected chi connectivity index (χ4v) is 3.28. The molecule has 0 saturated carbocycles. The zero-order valence-electron chi connectivity index (χ0n) is 15.6. The van der Waals surface area contributed by atoms with Crippen LogP contribution in [0.2, 0.25) is 0 Å². The average Bonchev–Trinajstić information content (AvgIpc) is 2.69. The zero-order chi connectivity index (χ0) is 18.4. The van der Waals surface area contributed by atoms with Gasteiger partial charge in [0.1, 0.15) is 5.69 Å². The molecule has 1 amide bonds. The molecule has 1 aromatic carbocycles. The topological polar surface area (TPSA) is 61.4 Å². The Morgan fingerprint density at radius 1 is 1.15 bits per heavy atom. The molecule has 26 heavy (non-hydrogen) atoms. The number of carbonyl (C=O) groups is 1. The van der Waals surface area contributed by atoms with E-state index in [1.807, 2.05) is 43.3 Å². The number of aromatic nitrogens is 2. The monoisotopic (exact) mass is 353 g/mol. The highest BCUT2D eigenvalue weighted by molar-refractivity contribution is 5.95. The minimum atomic E-state index is -0.0425. The summed E-state index contributed by atoms with van der Waals surface area (Å²) in [7, 11) is 3.87. The van der Waals surface area contributed by atoms with Crippen LogP contribution in [-0.4, -0.2) is 61.0 Å². The first-order valence-corrected chi connectivity index (χ1v) is 9.24. The van der Waals surface area contributed by atoms with E-state index in [4.69, 9.17) is 0 Å². The average molecular weight is 353 g/mol. The number of amides is 1. The summed E-state index contributed by atoms with van der Waals surface area (Å²) in [5.74, 6) is 0.745. The summed E-state index contributed by atoms with van der Waals surface area (Å²) in [6.45, 7) is 3.88. The van der Waals surface area contributed by atoms with Gasteiger partial charge >= 0.3 is 0 Å². The first kappa shape index (κ1) is 18.3. The summed E-state index contributed by atoms with van der Waals surface area (Å²) < 4.78 is 0. The highest BCUT2D eigenvalue weighted by Gasteiger charge is 2.13. The molecule has 138 valence electrons. The van der Waals surface area contributed by atoms with Crippen LogP contribution in [0, 0.1) is 0 Å². The predicted molar refractivity (Wildman–Crippen MR) is 104 cm³/mol. The number of anilines is 1. The summed E-state index contributed by atoms with van der Waals surface area (Å²) in [5.41, 5.74) is 2.32. The lowest BCUT2D eigenvalue weighted by atomic mass is 10.1. The maximum absolute atomic E-state index is 12.5. The Morgan fingerprint density at radius 2 is 1.92 bits per heavy atom. The molecule has 0 unspecified atom stereocenters. The van der Waals surface area contributed by atoms with E-state index < -0.39 is 0 Å². The third kappa shape index (κ3) is 4.58. The minimum Gasteiger partial charge on any atom is -0.361 e. The van der Waals surface area contributed by atoms with Crippen molar-refractivity contribution in [3.05, 3.63) is 42.2 Å². The van der Waals surface area contributed by atoms with Crippen molar-refractivity contribution in [2.24, 2.45) is 0 Å². The van der Waals surface area contributed by atoms with Crippen LogP contribution in [0.4, 0.5) is 5.82 Å². The van der Waals surface area contributed by atoms with Gasteiger partial charge in [0.25, 0.3) is 5.91 Å². The van der Waals surface area contributed by atoms with Crippen molar-refractivity contribution in [2.75, 3.05) is 45.2 Å². The van der Waals surface area contributed by atoms with Gasteiger partial charge < -0.3 is 15.1 Å². The van der Waals surface area contributed by atoms with Gasteiger partial charge in [-0.1, -0.05) is 18.6 Å². The lowest BCUT2D eigenvalue weighted by Crippen LogP contribution is -2.37. The molecule has 0 radical (unpaired) electrons. The van der Waals surface area contributed by atoms with E-state index in [0.29, 0.717) is 12.1 Å². The molecule has 1 saturated heterocycles. The minimum absolute atomic E-state index is 0.0425. The first-order valence-electron chi connectivity index (χ1n) is 9.24.